The van der Waals surface area contributed by atoms with Crippen LogP contribution in [0.5, 0.6) is 0 Å². The largest absolute Gasteiger partial charge is 0.310 e. The van der Waals surface area contributed by atoms with E-state index in [1.54, 1.807) is 36.4 Å². The highest BCUT2D eigenvalue weighted by Crippen LogP contribution is 2.11. The molecule has 0 unspecified atom stereocenters. The van der Waals surface area contributed by atoms with Gasteiger partial charge in [0.15, 0.2) is 0 Å². The summed E-state index contributed by atoms with van der Waals surface area (Å²) in [5.74, 6) is -0.244. The van der Waals surface area contributed by atoms with Gasteiger partial charge in [-0.2, -0.15) is 0 Å². The van der Waals surface area contributed by atoms with Crippen molar-refractivity contribution in [1.82, 2.24) is 4.98 Å². The Hall–Kier alpha value is -1.75. The number of pyridine rings is 1. The van der Waals surface area contributed by atoms with Crippen LogP contribution in [0.1, 0.15) is 5.56 Å². The third kappa shape index (κ3) is 3.37. The maximum absolute atomic E-state index is 13.3. The van der Waals surface area contributed by atoms with Gasteiger partial charge in [0.1, 0.15) is 16.2 Å². The van der Waals surface area contributed by atoms with Gasteiger partial charge in [-0.15, -0.1) is 0 Å². The molecule has 1 aromatic heterocycles. The highest BCUT2D eigenvalue weighted by molar-refractivity contribution is 9.10. The van der Waals surface area contributed by atoms with E-state index in [0.717, 1.165) is 0 Å². The number of hydrogen-bond donors (Lipinski definition) is 1. The number of aromatic nitrogens is 1. The molecule has 1 aromatic carbocycles. The first-order valence-corrected chi connectivity index (χ1v) is 6.10. The number of halogens is 2. The van der Waals surface area contributed by atoms with E-state index in [1.165, 1.54) is 6.07 Å². The molecular weight excluding hydrogens is 299 g/mol. The number of carbonyl (C=O) groups is 1. The molecule has 1 N–H and O–H groups in total. The van der Waals surface area contributed by atoms with Crippen LogP contribution in [0, 0.1) is 5.82 Å². The van der Waals surface area contributed by atoms with E-state index in [-0.39, 0.29) is 18.1 Å². The predicted octanol–water partition coefficient (Wildman–Crippen LogP) is 3.16. The standard InChI is InChI=1S/C13H10BrFN2O/c14-11-6-3-7-12(16-11)17-13(18)8-9-4-1-2-5-10(9)15/h1-7H,8H2,(H,16,17,18). The quantitative estimate of drug-likeness (QED) is 0.885. The van der Waals surface area contributed by atoms with Crippen LogP contribution in [0.15, 0.2) is 47.1 Å². The van der Waals surface area contributed by atoms with E-state index >= 15 is 0 Å². The van der Waals surface area contributed by atoms with Crippen molar-refractivity contribution < 1.29 is 9.18 Å². The summed E-state index contributed by atoms with van der Waals surface area (Å²) >= 11 is 3.21. The van der Waals surface area contributed by atoms with Crippen LogP contribution in [-0.2, 0) is 11.2 Å². The van der Waals surface area contributed by atoms with Gasteiger partial charge in [-0.05, 0) is 39.7 Å². The fourth-order valence-electron chi connectivity index (χ4n) is 1.48. The Morgan fingerprint density at radius 2 is 2.00 bits per heavy atom. The fourth-order valence-corrected chi connectivity index (χ4v) is 1.82. The lowest BCUT2D eigenvalue weighted by molar-refractivity contribution is -0.115. The highest BCUT2D eigenvalue weighted by atomic mass is 79.9. The highest BCUT2D eigenvalue weighted by Gasteiger charge is 2.08. The number of rotatable bonds is 3. The zero-order valence-electron chi connectivity index (χ0n) is 9.36. The fraction of sp³-hybridized carbons (Fsp3) is 0.0769. The average Bonchev–Trinajstić information content (AvgIpc) is 2.32. The second-order valence-corrected chi connectivity index (χ2v) is 4.47. The molecular formula is C13H10BrFN2O. The van der Waals surface area contributed by atoms with Crippen LogP contribution < -0.4 is 5.32 Å². The summed E-state index contributed by atoms with van der Waals surface area (Å²) in [5.41, 5.74) is 0.366. The third-order valence-electron chi connectivity index (χ3n) is 2.29. The molecule has 0 radical (unpaired) electrons. The maximum Gasteiger partial charge on any atom is 0.230 e. The van der Waals surface area contributed by atoms with Crippen molar-refractivity contribution in [3.63, 3.8) is 0 Å². The average molecular weight is 309 g/mol. The molecule has 92 valence electrons. The topological polar surface area (TPSA) is 42.0 Å². The molecule has 18 heavy (non-hydrogen) atoms. The minimum absolute atomic E-state index is 0.0130. The van der Waals surface area contributed by atoms with Gasteiger partial charge in [-0.1, -0.05) is 24.3 Å². The van der Waals surface area contributed by atoms with Gasteiger partial charge in [-0.25, -0.2) is 9.37 Å². The van der Waals surface area contributed by atoms with Crippen LogP contribution >= 0.6 is 15.9 Å². The van der Waals surface area contributed by atoms with Gasteiger partial charge in [-0.3, -0.25) is 4.79 Å². The summed E-state index contributed by atoms with van der Waals surface area (Å²) in [6, 6.07) is 11.4. The molecule has 0 fully saturated rings. The zero-order valence-corrected chi connectivity index (χ0v) is 10.9. The van der Waals surface area contributed by atoms with Gasteiger partial charge in [0.2, 0.25) is 5.91 Å². The molecule has 0 bridgehead atoms. The van der Waals surface area contributed by atoms with Crippen molar-refractivity contribution in [3.8, 4) is 0 Å². The number of amides is 1. The van der Waals surface area contributed by atoms with E-state index in [2.05, 4.69) is 26.2 Å². The van der Waals surface area contributed by atoms with Gasteiger partial charge in [0.05, 0.1) is 6.42 Å². The van der Waals surface area contributed by atoms with Crippen LogP contribution in [0.4, 0.5) is 10.2 Å². The molecule has 0 atom stereocenters. The number of nitrogens with one attached hydrogen (secondary N) is 1. The first-order chi connectivity index (χ1) is 8.65. The minimum Gasteiger partial charge on any atom is -0.310 e. The summed E-state index contributed by atoms with van der Waals surface area (Å²) in [4.78, 5) is 15.8. The van der Waals surface area contributed by atoms with E-state index < -0.39 is 0 Å². The summed E-state index contributed by atoms with van der Waals surface area (Å²) in [7, 11) is 0. The number of anilines is 1. The van der Waals surface area contributed by atoms with E-state index in [0.29, 0.717) is 16.0 Å². The Bertz CT molecular complexity index is 574. The molecule has 0 saturated carbocycles. The number of benzene rings is 1. The van der Waals surface area contributed by atoms with Crippen LogP contribution in [0.2, 0.25) is 0 Å². The second-order valence-electron chi connectivity index (χ2n) is 3.66. The Labute approximate surface area is 112 Å². The van der Waals surface area contributed by atoms with Crippen molar-refractivity contribution in [2.75, 3.05) is 5.32 Å². The van der Waals surface area contributed by atoms with Crippen molar-refractivity contribution in [3.05, 3.63) is 58.4 Å². The zero-order chi connectivity index (χ0) is 13.0. The normalized spacial score (nSPS) is 10.1. The summed E-state index contributed by atoms with van der Waals surface area (Å²) < 4.78 is 14.0. The summed E-state index contributed by atoms with van der Waals surface area (Å²) in [5, 5.41) is 2.61. The molecule has 1 amide bonds. The summed E-state index contributed by atoms with van der Waals surface area (Å²) in [6.45, 7) is 0. The Morgan fingerprint density at radius 1 is 1.22 bits per heavy atom. The lowest BCUT2D eigenvalue weighted by Crippen LogP contribution is -2.16. The lowest BCUT2D eigenvalue weighted by Gasteiger charge is -2.05. The molecule has 0 spiro atoms. The van der Waals surface area contributed by atoms with Crippen LogP contribution in [-0.4, -0.2) is 10.9 Å². The molecule has 0 saturated heterocycles. The molecule has 3 nitrogen and oxygen atoms in total. The number of carbonyl (C=O) groups excluding carboxylic acids is 1. The van der Waals surface area contributed by atoms with E-state index in [9.17, 15) is 9.18 Å². The number of hydrogen-bond acceptors (Lipinski definition) is 2. The van der Waals surface area contributed by atoms with Gasteiger partial charge < -0.3 is 5.32 Å². The Kier molecular flexibility index (Phi) is 4.04. The van der Waals surface area contributed by atoms with Gasteiger partial charge >= 0.3 is 0 Å². The third-order valence-corrected chi connectivity index (χ3v) is 2.73. The van der Waals surface area contributed by atoms with Crippen LogP contribution in [0.3, 0.4) is 0 Å². The van der Waals surface area contributed by atoms with Gasteiger partial charge in [0, 0.05) is 0 Å². The second kappa shape index (κ2) is 5.73. The van der Waals surface area contributed by atoms with Crippen molar-refractivity contribution >= 4 is 27.7 Å². The minimum atomic E-state index is -0.380. The maximum atomic E-state index is 13.3. The first kappa shape index (κ1) is 12.7. The molecule has 0 aliphatic heterocycles. The smallest absolute Gasteiger partial charge is 0.230 e. The molecule has 2 aromatic rings. The predicted molar refractivity (Wildman–Crippen MR) is 70.7 cm³/mol. The molecule has 0 aliphatic carbocycles. The monoisotopic (exact) mass is 308 g/mol. The summed E-state index contributed by atoms with van der Waals surface area (Å²) in [6.07, 6.45) is -0.0130. The molecule has 2 rings (SSSR count). The van der Waals surface area contributed by atoms with Crippen LogP contribution in [0.25, 0.3) is 0 Å². The Balaban J connectivity index is 2.03. The lowest BCUT2D eigenvalue weighted by atomic mass is 10.1. The van der Waals surface area contributed by atoms with E-state index in [4.69, 9.17) is 0 Å². The van der Waals surface area contributed by atoms with Gasteiger partial charge in [0.25, 0.3) is 0 Å². The molecule has 0 aliphatic rings. The molecule has 5 heteroatoms. The van der Waals surface area contributed by atoms with Crippen molar-refractivity contribution in [2.45, 2.75) is 6.42 Å². The molecule has 1 heterocycles. The van der Waals surface area contributed by atoms with Crippen molar-refractivity contribution in [1.29, 1.82) is 0 Å². The van der Waals surface area contributed by atoms with Crippen molar-refractivity contribution in [2.24, 2.45) is 0 Å². The number of nitrogens with zero attached hydrogens (tertiary/aromatic N) is 1. The SMILES string of the molecule is O=C(Cc1ccccc1F)Nc1cccc(Br)n1. The first-order valence-electron chi connectivity index (χ1n) is 5.31. The Morgan fingerprint density at radius 3 is 2.72 bits per heavy atom. The van der Waals surface area contributed by atoms with E-state index in [1.807, 2.05) is 0 Å².